The molecule has 2 amide bonds. The molecule has 2 heterocycles. The number of rotatable bonds is 3. The number of hydrogen-bond donors (Lipinski definition) is 2. The molecule has 2 N–H and O–H groups in total. The Hall–Kier alpha value is -2.35. The first kappa shape index (κ1) is 16.8. The maximum atomic E-state index is 12.6. The summed E-state index contributed by atoms with van der Waals surface area (Å²) in [6, 6.07) is 1.56. The van der Waals surface area contributed by atoms with Crippen molar-refractivity contribution >= 4 is 21.7 Å². The zero-order valence-corrected chi connectivity index (χ0v) is 15.9. The molecule has 0 spiro atoms. The monoisotopic (exact) mass is 386 g/mol. The topological polar surface area (TPSA) is 93.1 Å². The number of carbonyl (C=O) groups is 1. The Bertz CT molecular complexity index is 1000. The summed E-state index contributed by atoms with van der Waals surface area (Å²) < 4.78 is 29.1. The van der Waals surface area contributed by atoms with E-state index in [4.69, 9.17) is 0 Å². The van der Waals surface area contributed by atoms with Crippen molar-refractivity contribution in [2.75, 3.05) is 5.32 Å². The van der Waals surface area contributed by atoms with Gasteiger partial charge in [-0.1, -0.05) is 6.07 Å². The molecule has 1 aliphatic heterocycles. The highest BCUT2D eigenvalue weighted by molar-refractivity contribution is 7.90. The summed E-state index contributed by atoms with van der Waals surface area (Å²) in [6.45, 7) is 0.770. The van der Waals surface area contributed by atoms with Crippen LogP contribution >= 0.6 is 0 Å². The number of fused-ring (bicyclic) bond motifs is 3. The number of hydrogen-bond acceptors (Lipinski definition) is 4. The Kier molecular flexibility index (Phi) is 3.79. The minimum atomic E-state index is -3.98. The van der Waals surface area contributed by atoms with Crippen molar-refractivity contribution < 1.29 is 13.2 Å². The number of urea groups is 1. The van der Waals surface area contributed by atoms with Crippen molar-refractivity contribution in [3.63, 3.8) is 0 Å². The summed E-state index contributed by atoms with van der Waals surface area (Å²) in [7, 11) is -3.98. The standard InChI is InChI=1S/C19H22N4O3S/c24-19(22-27(25,26)17-11-23-9-3-8-16(23)20-17)21-18-14-6-1-4-12(14)10-13-5-2-7-15(13)18/h10-11H,1-9H2,(H2,21,22,24). The Balaban J connectivity index is 1.40. The Labute approximate surface area is 158 Å². The second-order valence-electron chi connectivity index (χ2n) is 7.59. The zero-order chi connectivity index (χ0) is 18.6. The van der Waals surface area contributed by atoms with Crippen LogP contribution in [0.15, 0.2) is 17.3 Å². The smallest absolute Gasteiger partial charge is 0.333 e. The van der Waals surface area contributed by atoms with Crippen LogP contribution in [-0.4, -0.2) is 24.0 Å². The fourth-order valence-corrected chi connectivity index (χ4v) is 5.53. The van der Waals surface area contributed by atoms with Crippen molar-refractivity contribution in [2.45, 2.75) is 62.9 Å². The molecule has 0 fully saturated rings. The zero-order valence-electron chi connectivity index (χ0n) is 15.0. The number of aryl methyl sites for hydroxylation is 4. The highest BCUT2D eigenvalue weighted by Gasteiger charge is 2.28. The number of nitrogens with zero attached hydrogens (tertiary/aromatic N) is 2. The first-order valence-corrected chi connectivity index (χ1v) is 11.1. The lowest BCUT2D eigenvalue weighted by Gasteiger charge is -2.16. The van der Waals surface area contributed by atoms with Gasteiger partial charge in [0.15, 0.2) is 5.03 Å². The van der Waals surface area contributed by atoms with Gasteiger partial charge in [0.1, 0.15) is 5.82 Å². The van der Waals surface area contributed by atoms with Gasteiger partial charge in [0.25, 0.3) is 10.0 Å². The maximum Gasteiger partial charge on any atom is 0.333 e. The van der Waals surface area contributed by atoms with E-state index in [1.165, 1.54) is 28.5 Å². The quantitative estimate of drug-likeness (QED) is 0.847. The van der Waals surface area contributed by atoms with E-state index in [2.05, 4.69) is 21.1 Å². The largest absolute Gasteiger partial charge is 0.333 e. The highest BCUT2D eigenvalue weighted by Crippen LogP contribution is 2.38. The van der Waals surface area contributed by atoms with Crippen molar-refractivity contribution in [3.05, 3.63) is 40.3 Å². The van der Waals surface area contributed by atoms with Gasteiger partial charge in [-0.2, -0.15) is 8.42 Å². The fraction of sp³-hybridized carbons (Fsp3) is 0.474. The summed E-state index contributed by atoms with van der Waals surface area (Å²) in [6.07, 6.45) is 9.31. The molecular formula is C19H22N4O3S. The molecule has 142 valence electrons. The average Bonchev–Trinajstić information content (AvgIpc) is 3.36. The van der Waals surface area contributed by atoms with Crippen LogP contribution in [0.3, 0.4) is 0 Å². The van der Waals surface area contributed by atoms with Crippen LogP contribution in [0.25, 0.3) is 0 Å². The van der Waals surface area contributed by atoms with E-state index in [0.29, 0.717) is 0 Å². The molecule has 0 radical (unpaired) electrons. The normalized spacial score (nSPS) is 17.5. The molecule has 0 bridgehead atoms. The van der Waals surface area contributed by atoms with E-state index in [9.17, 15) is 13.2 Å². The van der Waals surface area contributed by atoms with Crippen LogP contribution in [0.5, 0.6) is 0 Å². The van der Waals surface area contributed by atoms with E-state index < -0.39 is 16.1 Å². The second-order valence-corrected chi connectivity index (χ2v) is 9.22. The third-order valence-electron chi connectivity index (χ3n) is 5.85. The highest BCUT2D eigenvalue weighted by atomic mass is 32.2. The summed E-state index contributed by atoms with van der Waals surface area (Å²) in [4.78, 5) is 16.7. The molecule has 5 rings (SSSR count). The molecule has 8 heteroatoms. The van der Waals surface area contributed by atoms with E-state index in [1.54, 1.807) is 0 Å². The number of sulfonamides is 1. The van der Waals surface area contributed by atoms with Crippen LogP contribution < -0.4 is 10.0 Å². The second kappa shape index (κ2) is 6.09. The van der Waals surface area contributed by atoms with Gasteiger partial charge >= 0.3 is 6.03 Å². The van der Waals surface area contributed by atoms with E-state index in [0.717, 1.165) is 69.4 Å². The van der Waals surface area contributed by atoms with Gasteiger partial charge in [-0.25, -0.2) is 14.5 Å². The van der Waals surface area contributed by atoms with Gasteiger partial charge in [0, 0.05) is 24.8 Å². The number of aromatic nitrogens is 2. The third kappa shape index (κ3) is 2.82. The third-order valence-corrected chi connectivity index (χ3v) is 7.05. The number of amides is 2. The Morgan fingerprint density at radius 3 is 2.37 bits per heavy atom. The molecule has 0 atom stereocenters. The summed E-state index contributed by atoms with van der Waals surface area (Å²) in [5.41, 5.74) is 5.75. The predicted octanol–water partition coefficient (Wildman–Crippen LogP) is 2.32. The molecule has 0 saturated heterocycles. The fourth-order valence-electron chi connectivity index (χ4n) is 4.64. The molecule has 2 aliphatic carbocycles. The summed E-state index contributed by atoms with van der Waals surface area (Å²) in [5, 5.41) is 2.77. The van der Waals surface area contributed by atoms with Gasteiger partial charge in [0.2, 0.25) is 0 Å². The molecule has 1 aromatic carbocycles. The molecule has 3 aliphatic rings. The van der Waals surface area contributed by atoms with Crippen LogP contribution in [-0.2, 0) is 48.7 Å². The van der Waals surface area contributed by atoms with E-state index in [1.807, 2.05) is 4.57 Å². The van der Waals surface area contributed by atoms with Crippen LogP contribution in [0.2, 0.25) is 0 Å². The molecule has 0 unspecified atom stereocenters. The van der Waals surface area contributed by atoms with Crippen LogP contribution in [0, 0.1) is 0 Å². The lowest BCUT2D eigenvalue weighted by molar-refractivity contribution is 0.256. The van der Waals surface area contributed by atoms with Gasteiger partial charge in [-0.15, -0.1) is 0 Å². The Morgan fingerprint density at radius 2 is 1.70 bits per heavy atom. The number of nitrogens with one attached hydrogen (secondary N) is 2. The Morgan fingerprint density at radius 1 is 1.00 bits per heavy atom. The molecule has 7 nitrogen and oxygen atoms in total. The van der Waals surface area contributed by atoms with Gasteiger partial charge in [-0.05, 0) is 67.2 Å². The predicted molar refractivity (Wildman–Crippen MR) is 100 cm³/mol. The molecule has 2 aromatic rings. The number of imidazole rings is 1. The van der Waals surface area contributed by atoms with Crippen molar-refractivity contribution in [3.8, 4) is 0 Å². The maximum absolute atomic E-state index is 12.6. The number of anilines is 1. The first-order valence-electron chi connectivity index (χ1n) is 9.57. The number of benzene rings is 1. The van der Waals surface area contributed by atoms with E-state index >= 15 is 0 Å². The number of carbonyl (C=O) groups excluding carboxylic acids is 1. The summed E-state index contributed by atoms with van der Waals surface area (Å²) >= 11 is 0. The van der Waals surface area contributed by atoms with Gasteiger partial charge in [-0.3, -0.25) is 0 Å². The van der Waals surface area contributed by atoms with Gasteiger partial charge < -0.3 is 9.88 Å². The first-order chi connectivity index (χ1) is 13.0. The van der Waals surface area contributed by atoms with Crippen LogP contribution in [0.1, 0.15) is 47.3 Å². The van der Waals surface area contributed by atoms with Crippen LogP contribution in [0.4, 0.5) is 10.5 Å². The minimum absolute atomic E-state index is 0.0872. The average molecular weight is 386 g/mol. The van der Waals surface area contributed by atoms with Gasteiger partial charge in [0.05, 0.1) is 0 Å². The summed E-state index contributed by atoms with van der Waals surface area (Å²) in [5.74, 6) is 0.759. The lowest BCUT2D eigenvalue weighted by atomic mass is 9.99. The molecule has 27 heavy (non-hydrogen) atoms. The lowest BCUT2D eigenvalue weighted by Crippen LogP contribution is -2.35. The van der Waals surface area contributed by atoms with E-state index in [-0.39, 0.29) is 5.03 Å². The SMILES string of the molecule is O=C(Nc1c2c(cc3c1CCC3)CCC2)NS(=O)(=O)c1cn2c(n1)CCC2. The van der Waals surface area contributed by atoms with Crippen molar-refractivity contribution in [2.24, 2.45) is 0 Å². The molecular weight excluding hydrogens is 364 g/mol. The minimum Gasteiger partial charge on any atom is -0.333 e. The molecule has 0 saturated carbocycles. The molecule has 1 aromatic heterocycles. The van der Waals surface area contributed by atoms with Crippen molar-refractivity contribution in [1.82, 2.24) is 14.3 Å². The van der Waals surface area contributed by atoms with Crippen molar-refractivity contribution in [1.29, 1.82) is 0 Å².